The van der Waals surface area contributed by atoms with E-state index in [2.05, 4.69) is 0 Å². The molecule has 15 atom stereocenters. The molecule has 270 valence electrons. The number of aliphatic hydroxyl groups is 1. The van der Waals surface area contributed by atoms with E-state index in [9.17, 15) is 9.90 Å². The molecule has 0 aromatic carbocycles. The van der Waals surface area contributed by atoms with Gasteiger partial charge in [0.2, 0.25) is 0 Å². The summed E-state index contributed by atoms with van der Waals surface area (Å²) in [6.07, 6.45) is -12.8. The van der Waals surface area contributed by atoms with Crippen molar-refractivity contribution in [2.24, 2.45) is 0 Å². The first kappa shape index (κ1) is 39.3. The van der Waals surface area contributed by atoms with E-state index in [1.807, 2.05) is 0 Å². The Labute approximate surface area is 270 Å². The van der Waals surface area contributed by atoms with Gasteiger partial charge in [-0.15, -0.1) is 0 Å². The minimum Gasteiger partial charge on any atom is -0.463 e. The highest BCUT2D eigenvalue weighted by molar-refractivity contribution is 5.65. The molecular weight excluding hydrogens is 620 g/mol. The van der Waals surface area contributed by atoms with Crippen molar-refractivity contribution < 1.29 is 81.0 Å². The summed E-state index contributed by atoms with van der Waals surface area (Å²) in [5.74, 6) is -0.539. The Bertz CT molecular complexity index is 883. The highest BCUT2D eigenvalue weighted by Crippen LogP contribution is 2.36. The normalized spacial score (nSPS) is 41.8. The summed E-state index contributed by atoms with van der Waals surface area (Å²) in [4.78, 5) is 11.6. The lowest BCUT2D eigenvalue weighted by molar-refractivity contribution is -0.384. The van der Waals surface area contributed by atoms with E-state index < -0.39 is 98.1 Å². The van der Waals surface area contributed by atoms with Gasteiger partial charge in [-0.25, -0.2) is 0 Å². The lowest BCUT2D eigenvalue weighted by Crippen LogP contribution is -2.67. The second kappa shape index (κ2) is 19.2. The lowest BCUT2D eigenvalue weighted by atomic mass is 9.95. The monoisotopic (exact) mass is 672 g/mol. The van der Waals surface area contributed by atoms with Crippen molar-refractivity contribution in [3.05, 3.63) is 0 Å². The summed E-state index contributed by atoms with van der Waals surface area (Å²) in [6.45, 7) is 1.29. The third-order valence-electron chi connectivity index (χ3n) is 8.39. The van der Waals surface area contributed by atoms with Gasteiger partial charge in [0.1, 0.15) is 79.9 Å². The maximum atomic E-state index is 11.6. The molecule has 0 radical (unpaired) electrons. The molecule has 1 N–H and O–H groups in total. The van der Waals surface area contributed by atoms with Crippen molar-refractivity contribution in [1.29, 1.82) is 0 Å². The molecule has 3 aliphatic rings. The van der Waals surface area contributed by atoms with Crippen LogP contribution >= 0.6 is 0 Å². The number of carbonyl (C=O) groups excluding carboxylic acids is 1. The standard InChI is InChI=1S/C29H52O17/c1-14(30)41-13-17-20(22(36-6)24(38-8)27(31)42-17)46-29-26(40-10)23(37-7)19(16(44-29)12-33-3)45-28-25(39-9)21(35-5)18(34-4)15(43-28)11-32-2/h15-29,31H,11-13H2,1-10H3/t15-,16-,17?,18-,19-,20+,21?,22+,23?,24?,25?,26?,27?,28-,29-/m1/s1. The number of ether oxygens (including phenoxy) is 15. The van der Waals surface area contributed by atoms with Gasteiger partial charge >= 0.3 is 5.97 Å². The van der Waals surface area contributed by atoms with E-state index in [1.54, 1.807) is 21.3 Å². The van der Waals surface area contributed by atoms with Crippen LogP contribution in [0, 0.1) is 0 Å². The Hall–Kier alpha value is -1.13. The maximum Gasteiger partial charge on any atom is 0.302 e. The molecule has 0 aromatic rings. The molecule has 0 spiro atoms. The number of methoxy groups -OCH3 is 9. The van der Waals surface area contributed by atoms with Crippen LogP contribution in [0.1, 0.15) is 6.92 Å². The molecule has 3 aliphatic heterocycles. The summed E-state index contributed by atoms with van der Waals surface area (Å²) >= 11 is 0. The van der Waals surface area contributed by atoms with Crippen molar-refractivity contribution in [2.45, 2.75) is 99.0 Å². The second-order valence-electron chi connectivity index (χ2n) is 11.0. The third kappa shape index (κ3) is 8.90. The van der Waals surface area contributed by atoms with Crippen molar-refractivity contribution in [2.75, 3.05) is 83.8 Å². The molecule has 0 aromatic heterocycles. The molecule has 0 amide bonds. The molecule has 17 heteroatoms. The molecular formula is C29H52O17. The molecule has 7 unspecified atom stereocenters. The summed E-state index contributed by atoms with van der Waals surface area (Å²) < 4.78 is 87.9. The maximum absolute atomic E-state index is 11.6. The summed E-state index contributed by atoms with van der Waals surface area (Å²) in [5, 5.41) is 10.6. The third-order valence-corrected chi connectivity index (χ3v) is 8.39. The Morgan fingerprint density at radius 1 is 0.500 bits per heavy atom. The van der Waals surface area contributed by atoms with Crippen LogP contribution in [-0.4, -0.2) is 187 Å². The average Bonchev–Trinajstić information content (AvgIpc) is 3.04. The van der Waals surface area contributed by atoms with Crippen molar-refractivity contribution in [1.82, 2.24) is 0 Å². The molecule has 0 aliphatic carbocycles. The molecule has 3 saturated heterocycles. The van der Waals surface area contributed by atoms with Crippen LogP contribution in [0.5, 0.6) is 0 Å². The first-order chi connectivity index (χ1) is 22.2. The predicted molar refractivity (Wildman–Crippen MR) is 154 cm³/mol. The van der Waals surface area contributed by atoms with Crippen LogP contribution in [0.2, 0.25) is 0 Å². The van der Waals surface area contributed by atoms with E-state index in [4.69, 9.17) is 71.1 Å². The summed E-state index contributed by atoms with van der Waals surface area (Å²) in [6, 6.07) is 0. The predicted octanol–water partition coefficient (Wildman–Crippen LogP) is -1.12. The zero-order chi connectivity index (χ0) is 34.0. The van der Waals surface area contributed by atoms with Gasteiger partial charge < -0.3 is 76.2 Å². The zero-order valence-corrected chi connectivity index (χ0v) is 28.3. The first-order valence-corrected chi connectivity index (χ1v) is 14.9. The first-order valence-electron chi connectivity index (χ1n) is 14.9. The van der Waals surface area contributed by atoms with E-state index in [-0.39, 0.29) is 19.8 Å². The summed E-state index contributed by atoms with van der Waals surface area (Å²) in [7, 11) is 13.5. The number of hydrogen-bond acceptors (Lipinski definition) is 17. The topological polar surface area (TPSA) is 176 Å². The Morgan fingerprint density at radius 3 is 1.26 bits per heavy atom. The van der Waals surface area contributed by atoms with E-state index in [0.29, 0.717) is 0 Å². The van der Waals surface area contributed by atoms with Gasteiger partial charge in [-0.1, -0.05) is 0 Å². The van der Waals surface area contributed by atoms with Crippen LogP contribution in [0.4, 0.5) is 0 Å². The fourth-order valence-corrected chi connectivity index (χ4v) is 6.28. The van der Waals surface area contributed by atoms with Crippen LogP contribution in [0.25, 0.3) is 0 Å². The zero-order valence-electron chi connectivity index (χ0n) is 28.3. The van der Waals surface area contributed by atoms with Gasteiger partial charge in [0.05, 0.1) is 13.2 Å². The highest BCUT2D eigenvalue weighted by Gasteiger charge is 2.56. The van der Waals surface area contributed by atoms with Crippen molar-refractivity contribution >= 4 is 5.97 Å². The van der Waals surface area contributed by atoms with Gasteiger partial charge in [-0.05, 0) is 0 Å². The Morgan fingerprint density at radius 2 is 0.870 bits per heavy atom. The van der Waals surface area contributed by atoms with Crippen LogP contribution in [0.3, 0.4) is 0 Å². The molecule has 3 fully saturated rings. The number of esters is 1. The molecule has 46 heavy (non-hydrogen) atoms. The van der Waals surface area contributed by atoms with Gasteiger partial charge in [0.25, 0.3) is 0 Å². The van der Waals surface area contributed by atoms with Gasteiger partial charge in [-0.3, -0.25) is 4.79 Å². The molecule has 0 saturated carbocycles. The highest BCUT2D eigenvalue weighted by atomic mass is 16.8. The number of carbonyl (C=O) groups is 1. The minimum atomic E-state index is -1.38. The Balaban J connectivity index is 1.93. The van der Waals surface area contributed by atoms with Gasteiger partial charge in [0, 0.05) is 70.9 Å². The smallest absolute Gasteiger partial charge is 0.302 e. The van der Waals surface area contributed by atoms with Crippen LogP contribution in [0.15, 0.2) is 0 Å². The molecule has 17 nitrogen and oxygen atoms in total. The number of rotatable bonds is 17. The fourth-order valence-electron chi connectivity index (χ4n) is 6.28. The van der Waals surface area contributed by atoms with E-state index in [1.165, 1.54) is 49.6 Å². The molecule has 3 rings (SSSR count). The number of aliphatic hydroxyl groups excluding tert-OH is 1. The quantitative estimate of drug-likeness (QED) is 0.184. The largest absolute Gasteiger partial charge is 0.463 e. The van der Waals surface area contributed by atoms with Crippen LogP contribution in [-0.2, 0) is 75.8 Å². The van der Waals surface area contributed by atoms with E-state index >= 15 is 0 Å². The van der Waals surface area contributed by atoms with E-state index in [0.717, 1.165) is 0 Å². The van der Waals surface area contributed by atoms with Crippen molar-refractivity contribution in [3.63, 3.8) is 0 Å². The molecule has 0 bridgehead atoms. The summed E-state index contributed by atoms with van der Waals surface area (Å²) in [5.41, 5.74) is 0. The Kier molecular flexibility index (Phi) is 16.4. The second-order valence-corrected chi connectivity index (χ2v) is 11.0. The molecule has 3 heterocycles. The SMILES string of the molecule is COC[C@H]1O[C@H](O[C@H]2C(OC)C(OC)[C@@H](O[C@H]3C(COC(C)=O)OC(O)C(OC)[C@H]3OC)O[C@@H]2COC)C(OC)C(OC)[C@@H]1OC. The average molecular weight is 673 g/mol. The lowest BCUT2D eigenvalue weighted by Gasteiger charge is -2.50. The van der Waals surface area contributed by atoms with Gasteiger partial charge in [-0.2, -0.15) is 0 Å². The van der Waals surface area contributed by atoms with Crippen molar-refractivity contribution in [3.8, 4) is 0 Å². The minimum absolute atomic E-state index is 0.0618. The van der Waals surface area contributed by atoms with Crippen LogP contribution < -0.4 is 0 Å². The fraction of sp³-hybridized carbons (Fsp3) is 0.966. The number of hydrogen-bond donors (Lipinski definition) is 1. The van der Waals surface area contributed by atoms with Gasteiger partial charge in [0.15, 0.2) is 18.9 Å².